The Balaban J connectivity index is 2.14. The van der Waals surface area contributed by atoms with Gasteiger partial charge in [-0.2, -0.15) is 4.40 Å². The zero-order chi connectivity index (χ0) is 15.5. The molecule has 0 fully saturated rings. The summed E-state index contributed by atoms with van der Waals surface area (Å²) in [5, 5.41) is 12.7. The van der Waals surface area contributed by atoms with Crippen LogP contribution < -0.4 is 9.67 Å². The SMILES string of the molecule is CCOC(=O)c1c([O-])[n+](Cc2ccccc2)c2ccccn12. The van der Waals surface area contributed by atoms with Crippen LogP contribution in [-0.2, 0) is 11.3 Å². The van der Waals surface area contributed by atoms with E-state index in [1.54, 1.807) is 28.2 Å². The fourth-order valence-electron chi connectivity index (χ4n) is 2.48. The average molecular weight is 296 g/mol. The zero-order valence-electron chi connectivity index (χ0n) is 12.2. The van der Waals surface area contributed by atoms with E-state index < -0.39 is 5.97 Å². The number of nitrogens with zero attached hydrogens (tertiary/aromatic N) is 2. The third-order valence-electron chi connectivity index (χ3n) is 3.46. The molecule has 3 aromatic rings. The third-order valence-corrected chi connectivity index (χ3v) is 3.46. The minimum absolute atomic E-state index is 0.0355. The molecule has 0 saturated carbocycles. The van der Waals surface area contributed by atoms with Crippen LogP contribution in [0, 0.1) is 0 Å². The normalized spacial score (nSPS) is 10.8. The quantitative estimate of drug-likeness (QED) is 0.542. The fraction of sp³-hybridized carbons (Fsp3) is 0.176. The Hall–Kier alpha value is -2.82. The standard InChI is InChI=1S/C17H16N2O3/c1-2-22-17(21)15-16(20)19(12-13-8-4-3-5-9-13)14-10-6-7-11-18(14)15/h3-11H,2,12H2,1H3. The van der Waals surface area contributed by atoms with Crippen LogP contribution in [0.25, 0.3) is 5.65 Å². The Morgan fingerprint density at radius 1 is 1.18 bits per heavy atom. The van der Waals surface area contributed by atoms with Crippen molar-refractivity contribution < 1.29 is 19.2 Å². The number of hydrogen-bond acceptors (Lipinski definition) is 3. The van der Waals surface area contributed by atoms with E-state index in [2.05, 4.69) is 0 Å². The van der Waals surface area contributed by atoms with Gasteiger partial charge in [0.1, 0.15) is 12.4 Å². The first-order chi connectivity index (χ1) is 10.7. The highest BCUT2D eigenvalue weighted by Gasteiger charge is 2.26. The Labute approximate surface area is 128 Å². The van der Waals surface area contributed by atoms with Gasteiger partial charge < -0.3 is 9.84 Å². The maximum absolute atomic E-state index is 12.7. The summed E-state index contributed by atoms with van der Waals surface area (Å²) in [6.07, 6.45) is 1.70. The second-order valence-corrected chi connectivity index (χ2v) is 4.87. The molecule has 0 aliphatic heterocycles. The van der Waals surface area contributed by atoms with Crippen LogP contribution in [0.5, 0.6) is 5.88 Å². The molecule has 5 heteroatoms. The number of aromatic nitrogens is 2. The minimum Gasteiger partial charge on any atom is -0.839 e. The monoisotopic (exact) mass is 296 g/mol. The molecule has 0 amide bonds. The summed E-state index contributed by atoms with van der Waals surface area (Å²) in [5.41, 5.74) is 1.70. The maximum atomic E-state index is 12.7. The van der Waals surface area contributed by atoms with E-state index in [4.69, 9.17) is 4.74 Å². The van der Waals surface area contributed by atoms with Gasteiger partial charge in [-0.3, -0.25) is 0 Å². The van der Waals surface area contributed by atoms with Gasteiger partial charge >= 0.3 is 5.97 Å². The molecule has 2 aromatic heterocycles. The molecule has 0 radical (unpaired) electrons. The maximum Gasteiger partial charge on any atom is 0.382 e. The van der Waals surface area contributed by atoms with E-state index in [1.807, 2.05) is 42.5 Å². The predicted molar refractivity (Wildman–Crippen MR) is 78.5 cm³/mol. The van der Waals surface area contributed by atoms with Crippen LogP contribution in [0.15, 0.2) is 54.7 Å². The lowest BCUT2D eigenvalue weighted by Gasteiger charge is -2.06. The molecule has 5 nitrogen and oxygen atoms in total. The number of carbonyl (C=O) groups is 1. The summed E-state index contributed by atoms with van der Waals surface area (Å²) in [5.74, 6) is -0.936. The molecular weight excluding hydrogens is 280 g/mol. The van der Waals surface area contributed by atoms with Gasteiger partial charge in [-0.25, -0.2) is 9.36 Å². The van der Waals surface area contributed by atoms with Crippen molar-refractivity contribution in [3.63, 3.8) is 0 Å². The smallest absolute Gasteiger partial charge is 0.382 e. The molecule has 3 rings (SSSR count). The first-order valence-corrected chi connectivity index (χ1v) is 7.13. The predicted octanol–water partition coefficient (Wildman–Crippen LogP) is 1.53. The fourth-order valence-corrected chi connectivity index (χ4v) is 2.48. The van der Waals surface area contributed by atoms with Crippen molar-refractivity contribution in [2.24, 2.45) is 0 Å². The molecule has 0 aliphatic carbocycles. The molecule has 2 heterocycles. The molecule has 0 aliphatic rings. The number of ether oxygens (including phenoxy) is 1. The van der Waals surface area contributed by atoms with Gasteiger partial charge in [0, 0.05) is 6.07 Å². The first-order valence-electron chi connectivity index (χ1n) is 7.13. The highest BCUT2D eigenvalue weighted by atomic mass is 16.5. The number of pyridine rings is 1. The first kappa shape index (κ1) is 14.1. The number of benzene rings is 1. The summed E-state index contributed by atoms with van der Waals surface area (Å²) in [4.78, 5) is 12.1. The lowest BCUT2D eigenvalue weighted by atomic mass is 10.2. The highest BCUT2D eigenvalue weighted by molar-refractivity contribution is 5.90. The summed E-state index contributed by atoms with van der Waals surface area (Å²) in [7, 11) is 0. The van der Waals surface area contributed by atoms with Crippen molar-refractivity contribution in [2.45, 2.75) is 13.5 Å². The van der Waals surface area contributed by atoms with Crippen LogP contribution in [0.4, 0.5) is 0 Å². The van der Waals surface area contributed by atoms with Crippen molar-refractivity contribution in [3.8, 4) is 5.88 Å². The Kier molecular flexibility index (Phi) is 3.78. The van der Waals surface area contributed by atoms with Crippen molar-refractivity contribution in [1.82, 2.24) is 4.40 Å². The van der Waals surface area contributed by atoms with Crippen molar-refractivity contribution in [3.05, 3.63) is 66.0 Å². The molecule has 0 bridgehead atoms. The second kappa shape index (κ2) is 5.89. The summed E-state index contributed by atoms with van der Waals surface area (Å²) in [6, 6.07) is 15.1. The van der Waals surface area contributed by atoms with E-state index in [9.17, 15) is 9.90 Å². The Morgan fingerprint density at radius 3 is 2.64 bits per heavy atom. The molecule has 22 heavy (non-hydrogen) atoms. The molecule has 1 aromatic carbocycles. The van der Waals surface area contributed by atoms with Gasteiger partial charge in [0.2, 0.25) is 5.69 Å². The van der Waals surface area contributed by atoms with Crippen LogP contribution in [0.2, 0.25) is 0 Å². The van der Waals surface area contributed by atoms with Crippen LogP contribution in [0.1, 0.15) is 23.0 Å². The van der Waals surface area contributed by atoms with Gasteiger partial charge in [-0.15, -0.1) is 0 Å². The van der Waals surface area contributed by atoms with Crippen LogP contribution in [0.3, 0.4) is 0 Å². The molecule has 0 N–H and O–H groups in total. The zero-order valence-corrected chi connectivity index (χ0v) is 12.2. The van der Waals surface area contributed by atoms with Gasteiger partial charge in [0.25, 0.3) is 5.65 Å². The minimum atomic E-state index is -0.597. The Morgan fingerprint density at radius 2 is 1.91 bits per heavy atom. The van der Waals surface area contributed by atoms with E-state index in [0.29, 0.717) is 12.2 Å². The van der Waals surface area contributed by atoms with Crippen molar-refractivity contribution >= 4 is 11.6 Å². The number of imidazole rings is 1. The molecule has 112 valence electrons. The number of fused-ring (bicyclic) bond motifs is 1. The van der Waals surface area contributed by atoms with Gasteiger partial charge in [0.15, 0.2) is 0 Å². The largest absolute Gasteiger partial charge is 0.839 e. The van der Waals surface area contributed by atoms with Crippen LogP contribution >= 0.6 is 0 Å². The molecule has 0 atom stereocenters. The number of hydrogen-bond donors (Lipinski definition) is 0. The molecular formula is C17H16N2O3. The average Bonchev–Trinajstić information content (AvgIpc) is 2.81. The van der Waals surface area contributed by atoms with Crippen molar-refractivity contribution in [1.29, 1.82) is 0 Å². The molecule has 0 saturated heterocycles. The molecule has 0 unspecified atom stereocenters. The van der Waals surface area contributed by atoms with E-state index in [0.717, 1.165) is 5.56 Å². The molecule has 0 spiro atoms. The topological polar surface area (TPSA) is 57.7 Å². The third kappa shape index (κ3) is 2.41. The highest BCUT2D eigenvalue weighted by Crippen LogP contribution is 2.16. The van der Waals surface area contributed by atoms with Gasteiger partial charge in [0.05, 0.1) is 12.8 Å². The lowest BCUT2D eigenvalue weighted by Crippen LogP contribution is -2.37. The van der Waals surface area contributed by atoms with E-state index in [-0.39, 0.29) is 18.2 Å². The van der Waals surface area contributed by atoms with E-state index >= 15 is 0 Å². The number of rotatable bonds is 4. The Bertz CT molecular complexity index is 809. The van der Waals surface area contributed by atoms with Crippen molar-refractivity contribution in [2.75, 3.05) is 6.61 Å². The second-order valence-electron chi connectivity index (χ2n) is 4.87. The lowest BCUT2D eigenvalue weighted by molar-refractivity contribution is -0.704. The number of esters is 1. The summed E-state index contributed by atoms with van der Waals surface area (Å²) < 4.78 is 8.18. The van der Waals surface area contributed by atoms with E-state index in [1.165, 1.54) is 0 Å². The van der Waals surface area contributed by atoms with Crippen LogP contribution in [-0.4, -0.2) is 17.0 Å². The number of carbonyl (C=O) groups excluding carboxylic acids is 1. The van der Waals surface area contributed by atoms with Gasteiger partial charge in [-0.1, -0.05) is 36.4 Å². The summed E-state index contributed by atoms with van der Waals surface area (Å²) in [6.45, 7) is 2.36. The van der Waals surface area contributed by atoms with Gasteiger partial charge in [-0.05, 0) is 18.6 Å². The summed E-state index contributed by atoms with van der Waals surface area (Å²) >= 11 is 0.